The molecule has 0 heterocycles. The average Bonchev–Trinajstić information content (AvgIpc) is 3.06. The Morgan fingerprint density at radius 3 is 1.32 bits per heavy atom. The lowest BCUT2D eigenvalue weighted by Gasteiger charge is -2.22. The Hall–Kier alpha value is -1.95. The number of hydrogen-bond donors (Lipinski definition) is 2. The van der Waals surface area contributed by atoms with E-state index in [4.69, 9.17) is 14.5 Å². The minimum absolute atomic E-state index is 0.0405. The van der Waals surface area contributed by atoms with Crippen molar-refractivity contribution in [3.63, 3.8) is 0 Å². The highest BCUT2D eigenvalue weighted by Crippen LogP contribution is 2.46. The van der Waals surface area contributed by atoms with Gasteiger partial charge in [0.05, 0.1) is 13.2 Å². The number of phenols is 1. The number of carboxylic acids is 1. The first-order valence-corrected chi connectivity index (χ1v) is 20.1. The van der Waals surface area contributed by atoms with Gasteiger partial charge in [-0.15, -0.1) is 0 Å². The van der Waals surface area contributed by atoms with E-state index in [1.54, 1.807) is 0 Å². The molecule has 0 atom stereocenters. The van der Waals surface area contributed by atoms with E-state index in [0.717, 1.165) is 75.3 Å². The molecule has 0 bridgehead atoms. The van der Waals surface area contributed by atoms with Gasteiger partial charge in [0.1, 0.15) is 5.56 Å². The van der Waals surface area contributed by atoms with Crippen LogP contribution in [0.5, 0.6) is 17.2 Å². The monoisotopic (exact) mass is 663 g/mol. The van der Waals surface area contributed by atoms with Crippen molar-refractivity contribution in [2.75, 3.05) is 13.2 Å². The lowest BCUT2D eigenvalue weighted by molar-refractivity contribution is -0.209. The molecule has 0 radical (unpaired) electrons. The third kappa shape index (κ3) is 19.6. The van der Waals surface area contributed by atoms with Crippen LogP contribution >= 0.6 is 0 Å². The Balaban J connectivity index is 3.25. The highest BCUT2D eigenvalue weighted by molar-refractivity contribution is 5.95. The smallest absolute Gasteiger partial charge is 0.339 e. The van der Waals surface area contributed by atoms with Gasteiger partial charge in [-0.2, -0.15) is 4.89 Å². The van der Waals surface area contributed by atoms with Crippen LogP contribution < -0.4 is 9.62 Å². The topological polar surface area (TPSA) is 85.2 Å². The van der Waals surface area contributed by atoms with Crippen LogP contribution in [0.2, 0.25) is 0 Å². The van der Waals surface area contributed by atoms with Gasteiger partial charge in [-0.1, -0.05) is 169 Å². The fourth-order valence-corrected chi connectivity index (χ4v) is 6.41. The first-order valence-electron chi connectivity index (χ1n) is 20.1. The highest BCUT2D eigenvalue weighted by Gasteiger charge is 2.30. The van der Waals surface area contributed by atoms with Gasteiger partial charge in [-0.05, 0) is 44.1 Å². The first-order chi connectivity index (χ1) is 23.0. The molecule has 274 valence electrons. The molecule has 1 rings (SSSR count). The van der Waals surface area contributed by atoms with Crippen molar-refractivity contribution in [3.05, 3.63) is 16.7 Å². The third-order valence-corrected chi connectivity index (χ3v) is 9.34. The zero-order valence-electron chi connectivity index (χ0n) is 31.2. The zero-order chi connectivity index (χ0) is 34.4. The molecule has 0 saturated heterocycles. The summed E-state index contributed by atoms with van der Waals surface area (Å²) in [5.41, 5.74) is 1.57. The molecule has 0 aliphatic rings. The minimum atomic E-state index is -1.12. The van der Waals surface area contributed by atoms with Crippen molar-refractivity contribution < 1.29 is 29.5 Å². The van der Waals surface area contributed by atoms with Crippen LogP contribution in [0.4, 0.5) is 0 Å². The lowest BCUT2D eigenvalue weighted by Crippen LogP contribution is -2.13. The van der Waals surface area contributed by atoms with E-state index in [1.807, 2.05) is 0 Å². The summed E-state index contributed by atoms with van der Waals surface area (Å²) in [5.74, 6) is -0.950. The van der Waals surface area contributed by atoms with E-state index in [1.165, 1.54) is 103 Å². The summed E-state index contributed by atoms with van der Waals surface area (Å²) in [6.07, 6.45) is 31.3. The van der Waals surface area contributed by atoms with Crippen molar-refractivity contribution in [2.45, 2.75) is 207 Å². The summed E-state index contributed by atoms with van der Waals surface area (Å²) in [6, 6.07) is 0. The molecule has 0 fully saturated rings. The SMILES string of the molecule is CCCCCCCCCCc1c(CCCCCCCCCC)c(C(=O)O)c(O)c(OOCCCCCCC)c1OCCCCCCC. The Morgan fingerprint density at radius 2 is 0.872 bits per heavy atom. The van der Waals surface area contributed by atoms with E-state index in [0.29, 0.717) is 31.8 Å². The summed E-state index contributed by atoms with van der Waals surface area (Å²) < 4.78 is 6.46. The number of carbonyl (C=O) groups is 1. The molecule has 1 aromatic rings. The fraction of sp³-hybridized carbons (Fsp3) is 0.829. The molecule has 47 heavy (non-hydrogen) atoms. The van der Waals surface area contributed by atoms with Gasteiger partial charge < -0.3 is 19.8 Å². The Labute approximate surface area is 289 Å². The van der Waals surface area contributed by atoms with Crippen LogP contribution in [0.15, 0.2) is 0 Å². The zero-order valence-corrected chi connectivity index (χ0v) is 31.2. The van der Waals surface area contributed by atoms with Gasteiger partial charge in [0, 0.05) is 5.56 Å². The summed E-state index contributed by atoms with van der Waals surface area (Å²) in [5, 5.41) is 21.9. The largest absolute Gasteiger partial charge is 0.503 e. The molecule has 0 aromatic heterocycles. The molecule has 0 aliphatic carbocycles. The summed E-state index contributed by atoms with van der Waals surface area (Å²) in [4.78, 5) is 24.1. The fourth-order valence-electron chi connectivity index (χ4n) is 6.41. The number of aromatic carboxylic acids is 1. The standard InChI is InChI=1S/C41H74O6/c1-5-9-13-17-19-21-23-27-31-35-36(32-28-24-22-20-18-14-10-6-2)39(45-33-29-25-15-11-7-3)40(38(42)37(35)41(43)44)47-46-34-30-26-16-12-8-4/h42H,5-34H2,1-4H3,(H,43,44). The van der Waals surface area contributed by atoms with E-state index >= 15 is 0 Å². The molecule has 6 nitrogen and oxygen atoms in total. The van der Waals surface area contributed by atoms with Crippen molar-refractivity contribution >= 4 is 5.97 Å². The molecular formula is C41H74O6. The third-order valence-electron chi connectivity index (χ3n) is 9.34. The van der Waals surface area contributed by atoms with Crippen LogP contribution in [-0.2, 0) is 17.7 Å². The number of unbranched alkanes of at least 4 members (excludes halogenated alkanes) is 22. The second-order valence-electron chi connectivity index (χ2n) is 13.7. The highest BCUT2D eigenvalue weighted by atomic mass is 17.2. The maximum Gasteiger partial charge on any atom is 0.339 e. The van der Waals surface area contributed by atoms with Gasteiger partial charge in [-0.25, -0.2) is 4.79 Å². The minimum Gasteiger partial charge on any atom is -0.503 e. The van der Waals surface area contributed by atoms with Gasteiger partial charge in [0.25, 0.3) is 0 Å². The van der Waals surface area contributed by atoms with E-state index in [9.17, 15) is 15.0 Å². The predicted octanol–water partition coefficient (Wildman–Crippen LogP) is 13.1. The van der Waals surface area contributed by atoms with Crippen molar-refractivity contribution in [1.29, 1.82) is 0 Å². The molecule has 1 aromatic carbocycles. The maximum absolute atomic E-state index is 12.7. The number of hydrogen-bond acceptors (Lipinski definition) is 5. The summed E-state index contributed by atoms with van der Waals surface area (Å²) in [7, 11) is 0. The van der Waals surface area contributed by atoms with E-state index in [2.05, 4.69) is 27.7 Å². The number of rotatable bonds is 34. The molecule has 6 heteroatoms. The van der Waals surface area contributed by atoms with Gasteiger partial charge >= 0.3 is 5.97 Å². The van der Waals surface area contributed by atoms with Crippen LogP contribution in [0, 0.1) is 0 Å². The molecule has 0 unspecified atom stereocenters. The second kappa shape index (κ2) is 30.1. The van der Waals surface area contributed by atoms with Crippen LogP contribution in [-0.4, -0.2) is 29.4 Å². The van der Waals surface area contributed by atoms with Crippen LogP contribution in [0.25, 0.3) is 0 Å². The Morgan fingerprint density at radius 1 is 0.489 bits per heavy atom. The second-order valence-corrected chi connectivity index (χ2v) is 13.7. The van der Waals surface area contributed by atoms with Gasteiger partial charge in [0.15, 0.2) is 11.5 Å². The van der Waals surface area contributed by atoms with E-state index in [-0.39, 0.29) is 17.1 Å². The molecule has 0 aliphatic heterocycles. The molecule has 0 saturated carbocycles. The number of carboxylic acid groups (broad SMARTS) is 1. The average molecular weight is 663 g/mol. The van der Waals surface area contributed by atoms with Gasteiger partial charge in [0.2, 0.25) is 5.75 Å². The number of benzene rings is 1. The van der Waals surface area contributed by atoms with Crippen LogP contribution in [0.1, 0.15) is 216 Å². The Kier molecular flexibility index (Phi) is 27.6. The Bertz CT molecular complexity index is 899. The first kappa shape index (κ1) is 43.1. The van der Waals surface area contributed by atoms with Crippen molar-refractivity contribution in [2.24, 2.45) is 0 Å². The quantitative estimate of drug-likeness (QED) is 0.0434. The number of ether oxygens (including phenoxy) is 1. The maximum atomic E-state index is 12.7. The molecule has 0 spiro atoms. The van der Waals surface area contributed by atoms with Crippen molar-refractivity contribution in [3.8, 4) is 17.2 Å². The molecule has 0 amide bonds. The lowest BCUT2D eigenvalue weighted by atomic mass is 9.90. The summed E-state index contributed by atoms with van der Waals surface area (Å²) in [6.45, 7) is 9.78. The molecular weight excluding hydrogens is 588 g/mol. The summed E-state index contributed by atoms with van der Waals surface area (Å²) >= 11 is 0. The number of aromatic hydroxyl groups is 1. The predicted molar refractivity (Wildman–Crippen MR) is 197 cm³/mol. The van der Waals surface area contributed by atoms with Gasteiger partial charge in [-0.3, -0.25) is 0 Å². The van der Waals surface area contributed by atoms with E-state index < -0.39 is 5.97 Å². The normalized spacial score (nSPS) is 11.3. The van der Waals surface area contributed by atoms with Crippen molar-refractivity contribution in [1.82, 2.24) is 0 Å². The van der Waals surface area contributed by atoms with Crippen LogP contribution in [0.3, 0.4) is 0 Å². The molecule has 2 N–H and O–H groups in total.